The van der Waals surface area contributed by atoms with Gasteiger partial charge >= 0.3 is 0 Å². The number of hydrogen-bond acceptors (Lipinski definition) is 6. The van der Waals surface area contributed by atoms with E-state index >= 15 is 0 Å². The Morgan fingerprint density at radius 1 is 0.688 bits per heavy atom. The molecule has 0 radical (unpaired) electrons. The Morgan fingerprint density at radius 3 is 1.53 bits per heavy atom. The first kappa shape index (κ1) is 20.8. The molecule has 160 valence electrons. The van der Waals surface area contributed by atoms with Crippen LogP contribution in [0.2, 0.25) is 0 Å². The van der Waals surface area contributed by atoms with Gasteiger partial charge in [0.2, 0.25) is 12.8 Å². The summed E-state index contributed by atoms with van der Waals surface area (Å²) in [6.45, 7) is 0.842. The van der Waals surface area contributed by atoms with Crippen LogP contribution in [0.25, 0.3) is 21.8 Å². The van der Waals surface area contributed by atoms with Gasteiger partial charge in [0.05, 0.1) is 45.3 Å². The summed E-state index contributed by atoms with van der Waals surface area (Å²) < 4.78 is 0. The highest BCUT2D eigenvalue weighted by Crippen LogP contribution is 2.54. The van der Waals surface area contributed by atoms with Crippen molar-refractivity contribution in [1.82, 2.24) is 19.8 Å². The molecule has 8 heteroatoms. The van der Waals surface area contributed by atoms with E-state index in [0.717, 1.165) is 65.6 Å². The van der Waals surface area contributed by atoms with Crippen LogP contribution in [0, 0.1) is 0 Å². The number of fused-ring (bicyclic) bond motifs is 6. The summed E-state index contributed by atoms with van der Waals surface area (Å²) in [5.74, 6) is 0. The van der Waals surface area contributed by atoms with E-state index in [1.165, 1.54) is 0 Å². The standard InChI is InChI=1S/C24H20N4O2S2/c1-27(13-29)11-19-23-21(15-7-3-5-9-17(15)25-19)31-22-16-8-4-6-10-18(16)26-20(24(22)32-23)12-28(2)14-30/h3-10,13-14H,11-12H2,1-2H3. The average Bonchev–Trinajstić information content (AvgIpc) is 2.83. The molecule has 0 unspecified atom stereocenters. The molecule has 0 fully saturated rings. The fraction of sp³-hybridized carbons (Fsp3) is 0.167. The zero-order valence-corrected chi connectivity index (χ0v) is 19.2. The van der Waals surface area contributed by atoms with E-state index in [2.05, 4.69) is 12.1 Å². The first-order valence-electron chi connectivity index (χ1n) is 10.1. The number of benzene rings is 2. The summed E-state index contributed by atoms with van der Waals surface area (Å²) in [6.07, 6.45) is 1.63. The molecule has 5 rings (SSSR count). The number of rotatable bonds is 6. The van der Waals surface area contributed by atoms with Gasteiger partial charge in [0.25, 0.3) is 0 Å². The quantitative estimate of drug-likeness (QED) is 0.346. The Morgan fingerprint density at radius 2 is 1.09 bits per heavy atom. The van der Waals surface area contributed by atoms with E-state index in [4.69, 9.17) is 9.97 Å². The number of nitrogens with zero attached hydrogens (tertiary/aromatic N) is 4. The highest BCUT2D eigenvalue weighted by atomic mass is 32.2. The number of hydrogen-bond donors (Lipinski definition) is 0. The van der Waals surface area contributed by atoms with Crippen LogP contribution in [0.3, 0.4) is 0 Å². The van der Waals surface area contributed by atoms with E-state index in [9.17, 15) is 9.59 Å². The van der Waals surface area contributed by atoms with Gasteiger partial charge in [-0.25, -0.2) is 9.97 Å². The molecule has 0 atom stereocenters. The number of pyridine rings is 2. The first-order chi connectivity index (χ1) is 15.6. The minimum atomic E-state index is 0.421. The van der Waals surface area contributed by atoms with E-state index in [0.29, 0.717) is 13.1 Å². The van der Waals surface area contributed by atoms with Crippen LogP contribution >= 0.6 is 23.5 Å². The first-order valence-corrected chi connectivity index (χ1v) is 11.7. The fourth-order valence-corrected chi connectivity index (χ4v) is 6.56. The third-order valence-electron chi connectivity index (χ3n) is 5.31. The Balaban J connectivity index is 1.76. The molecule has 2 aromatic carbocycles. The van der Waals surface area contributed by atoms with Crippen molar-refractivity contribution in [3.8, 4) is 0 Å². The molecule has 2 aromatic heterocycles. The van der Waals surface area contributed by atoms with Crippen LogP contribution in [0.5, 0.6) is 0 Å². The molecule has 0 saturated heterocycles. The van der Waals surface area contributed by atoms with Crippen LogP contribution in [0.1, 0.15) is 11.4 Å². The van der Waals surface area contributed by atoms with Crippen molar-refractivity contribution in [2.45, 2.75) is 32.7 Å². The Kier molecular flexibility index (Phi) is 5.48. The lowest BCUT2D eigenvalue weighted by molar-refractivity contribution is -0.118. The Bertz CT molecular complexity index is 1270. The van der Waals surface area contributed by atoms with Crippen molar-refractivity contribution in [3.05, 3.63) is 59.9 Å². The molecule has 3 heterocycles. The zero-order valence-electron chi connectivity index (χ0n) is 17.6. The zero-order chi connectivity index (χ0) is 22.2. The molecule has 0 bridgehead atoms. The number of carbonyl (C=O) groups is 2. The lowest BCUT2D eigenvalue weighted by Gasteiger charge is -2.26. The summed E-state index contributed by atoms with van der Waals surface area (Å²) in [7, 11) is 3.51. The Hall–Kier alpha value is -3.10. The van der Waals surface area contributed by atoms with Gasteiger partial charge in [0.15, 0.2) is 0 Å². The smallest absolute Gasteiger partial charge is 0.209 e. The summed E-state index contributed by atoms with van der Waals surface area (Å²) in [5.41, 5.74) is 3.55. The van der Waals surface area contributed by atoms with Crippen LogP contribution in [0.15, 0.2) is 68.1 Å². The summed E-state index contributed by atoms with van der Waals surface area (Å²) in [6, 6.07) is 16.2. The molecule has 0 spiro atoms. The van der Waals surface area contributed by atoms with Crippen LogP contribution in [-0.2, 0) is 22.7 Å². The van der Waals surface area contributed by atoms with Crippen molar-refractivity contribution in [2.24, 2.45) is 0 Å². The molecule has 6 nitrogen and oxygen atoms in total. The molecule has 1 aliphatic rings. The second-order valence-electron chi connectivity index (χ2n) is 7.71. The minimum absolute atomic E-state index is 0.421. The van der Waals surface area contributed by atoms with E-state index < -0.39 is 0 Å². The second-order valence-corrected chi connectivity index (χ2v) is 9.75. The molecule has 32 heavy (non-hydrogen) atoms. The predicted molar refractivity (Wildman–Crippen MR) is 127 cm³/mol. The van der Waals surface area contributed by atoms with Crippen LogP contribution in [0.4, 0.5) is 0 Å². The maximum absolute atomic E-state index is 11.3. The molecular weight excluding hydrogens is 440 g/mol. The largest absolute Gasteiger partial charge is 0.342 e. The maximum Gasteiger partial charge on any atom is 0.209 e. The van der Waals surface area contributed by atoms with Crippen molar-refractivity contribution >= 4 is 58.1 Å². The van der Waals surface area contributed by atoms with Gasteiger partial charge in [0.1, 0.15) is 0 Å². The molecular formula is C24H20N4O2S2. The van der Waals surface area contributed by atoms with Crippen molar-refractivity contribution < 1.29 is 9.59 Å². The highest BCUT2D eigenvalue weighted by molar-refractivity contribution is 8.05. The lowest BCUT2D eigenvalue weighted by atomic mass is 10.2. The third-order valence-corrected chi connectivity index (χ3v) is 8.11. The van der Waals surface area contributed by atoms with Gasteiger partial charge in [-0.05, 0) is 12.1 Å². The van der Waals surface area contributed by atoms with Gasteiger partial charge in [0, 0.05) is 34.7 Å². The second kappa shape index (κ2) is 8.44. The monoisotopic (exact) mass is 460 g/mol. The number of carbonyl (C=O) groups excluding carboxylic acids is 2. The van der Waals surface area contributed by atoms with Gasteiger partial charge in [-0.1, -0.05) is 59.9 Å². The topological polar surface area (TPSA) is 66.4 Å². The summed E-state index contributed by atoms with van der Waals surface area (Å²) in [5, 5.41) is 2.19. The number of aromatic nitrogens is 2. The van der Waals surface area contributed by atoms with Gasteiger partial charge in [-0.15, -0.1) is 0 Å². The van der Waals surface area contributed by atoms with Crippen molar-refractivity contribution in [2.75, 3.05) is 14.1 Å². The molecule has 0 N–H and O–H groups in total. The number of para-hydroxylation sites is 2. The normalized spacial score (nSPS) is 12.3. The third kappa shape index (κ3) is 3.59. The fourth-order valence-electron chi connectivity index (χ4n) is 3.80. The van der Waals surface area contributed by atoms with Crippen molar-refractivity contribution in [1.29, 1.82) is 0 Å². The van der Waals surface area contributed by atoms with E-state index in [1.54, 1.807) is 47.4 Å². The molecule has 0 aliphatic carbocycles. The Labute approximate surface area is 194 Å². The predicted octanol–water partition coefficient (Wildman–Crippen LogP) is 4.58. The minimum Gasteiger partial charge on any atom is -0.342 e. The van der Waals surface area contributed by atoms with Gasteiger partial charge < -0.3 is 9.80 Å². The van der Waals surface area contributed by atoms with Gasteiger partial charge in [-0.2, -0.15) is 0 Å². The van der Waals surface area contributed by atoms with E-state index in [1.807, 2.05) is 36.4 Å². The summed E-state index contributed by atoms with van der Waals surface area (Å²) in [4.78, 5) is 40.0. The SMILES string of the molecule is CN(C=O)Cc1nc2ccccc2c2c1Sc1c(CN(C)C=O)nc3ccccc3c1S2. The maximum atomic E-state index is 11.3. The number of amides is 2. The molecule has 2 amide bonds. The highest BCUT2D eigenvalue weighted by Gasteiger charge is 2.28. The summed E-state index contributed by atoms with van der Waals surface area (Å²) >= 11 is 3.36. The van der Waals surface area contributed by atoms with Crippen LogP contribution < -0.4 is 0 Å². The lowest BCUT2D eigenvalue weighted by Crippen LogP contribution is -2.18. The van der Waals surface area contributed by atoms with Gasteiger partial charge in [-0.3, -0.25) is 9.59 Å². The molecule has 4 aromatic rings. The van der Waals surface area contributed by atoms with Crippen molar-refractivity contribution in [3.63, 3.8) is 0 Å². The average molecular weight is 461 g/mol. The van der Waals surface area contributed by atoms with E-state index in [-0.39, 0.29) is 0 Å². The molecule has 1 aliphatic heterocycles. The molecule has 0 saturated carbocycles. The van der Waals surface area contributed by atoms with Crippen LogP contribution in [-0.4, -0.2) is 46.7 Å².